The summed E-state index contributed by atoms with van der Waals surface area (Å²) >= 11 is 0. The van der Waals surface area contributed by atoms with Crippen LogP contribution in [-0.4, -0.2) is 26.7 Å². The van der Waals surface area contributed by atoms with Crippen molar-refractivity contribution in [1.29, 1.82) is 0 Å². The summed E-state index contributed by atoms with van der Waals surface area (Å²) in [4.78, 5) is 12.6. The maximum Gasteiger partial charge on any atom is 0.234 e. The molecule has 0 aliphatic heterocycles. The fourth-order valence-corrected chi connectivity index (χ4v) is 2.92. The molecule has 2 rings (SSSR count). The molecule has 1 amide bonds. The highest BCUT2D eigenvalue weighted by Crippen LogP contribution is 2.35. The Morgan fingerprint density at radius 1 is 1.48 bits per heavy atom. The normalized spacial score (nSPS) is 19.0. The Labute approximate surface area is 124 Å². The molecule has 0 atom stereocenters. The average molecular weight is 293 g/mol. The van der Waals surface area contributed by atoms with E-state index in [1.807, 2.05) is 19.3 Å². The van der Waals surface area contributed by atoms with E-state index in [9.17, 15) is 4.79 Å². The summed E-state index contributed by atoms with van der Waals surface area (Å²) < 4.78 is 1.69. The van der Waals surface area contributed by atoms with E-state index in [1.54, 1.807) is 4.68 Å². The maximum absolute atomic E-state index is 12.6. The highest BCUT2D eigenvalue weighted by atomic mass is 16.4. The van der Waals surface area contributed by atoms with E-state index in [4.69, 9.17) is 10.9 Å². The number of carbonyl (C=O) groups is 1. The van der Waals surface area contributed by atoms with Gasteiger partial charge in [0.05, 0.1) is 12.2 Å². The lowest BCUT2D eigenvalue weighted by Gasteiger charge is -2.29. The van der Waals surface area contributed by atoms with Crippen molar-refractivity contribution in [3.05, 3.63) is 18.0 Å². The Morgan fingerprint density at radius 3 is 2.67 bits per heavy atom. The largest absolute Gasteiger partial charge is 0.409 e. The highest BCUT2D eigenvalue weighted by Gasteiger charge is 2.42. The summed E-state index contributed by atoms with van der Waals surface area (Å²) in [6, 6.07) is 1.85. The summed E-state index contributed by atoms with van der Waals surface area (Å²) in [6.07, 6.45) is 7.04. The number of amidine groups is 1. The summed E-state index contributed by atoms with van der Waals surface area (Å²) in [5, 5.41) is 19.3. The number of nitrogens with zero attached hydrogens (tertiary/aromatic N) is 3. The number of aromatic nitrogens is 2. The van der Waals surface area contributed by atoms with Gasteiger partial charge in [-0.05, 0) is 18.9 Å². The number of nitrogens with one attached hydrogen (secondary N) is 1. The number of nitrogens with two attached hydrogens (primary N) is 1. The number of carbonyl (C=O) groups excluding carboxylic acids is 1. The highest BCUT2D eigenvalue weighted by molar-refractivity contribution is 6.06. The molecule has 0 radical (unpaired) electrons. The smallest absolute Gasteiger partial charge is 0.234 e. The van der Waals surface area contributed by atoms with Crippen molar-refractivity contribution in [2.45, 2.75) is 45.1 Å². The van der Waals surface area contributed by atoms with E-state index in [-0.39, 0.29) is 11.7 Å². The predicted octanol–water partition coefficient (Wildman–Crippen LogP) is 1.12. The van der Waals surface area contributed by atoms with Crippen molar-refractivity contribution in [3.63, 3.8) is 0 Å². The van der Waals surface area contributed by atoms with Crippen LogP contribution in [0, 0.1) is 5.41 Å². The molecule has 1 aliphatic rings. The zero-order chi connectivity index (χ0) is 15.3. The number of hydrogen-bond donors (Lipinski definition) is 3. The Kier molecular flexibility index (Phi) is 4.82. The van der Waals surface area contributed by atoms with Crippen LogP contribution in [0.15, 0.2) is 17.4 Å². The van der Waals surface area contributed by atoms with Gasteiger partial charge in [-0.2, -0.15) is 5.10 Å². The molecule has 4 N–H and O–H groups in total. The molecule has 1 heterocycles. The van der Waals surface area contributed by atoms with Gasteiger partial charge in [-0.1, -0.05) is 30.8 Å². The van der Waals surface area contributed by atoms with Crippen molar-refractivity contribution in [3.8, 4) is 0 Å². The van der Waals surface area contributed by atoms with Gasteiger partial charge in [-0.3, -0.25) is 9.48 Å². The molecule has 1 saturated carbocycles. The summed E-state index contributed by atoms with van der Waals surface area (Å²) in [6.45, 7) is 0.347. The topological polar surface area (TPSA) is 106 Å². The van der Waals surface area contributed by atoms with E-state index >= 15 is 0 Å². The van der Waals surface area contributed by atoms with Crippen LogP contribution >= 0.6 is 0 Å². The van der Waals surface area contributed by atoms with Crippen LogP contribution < -0.4 is 11.1 Å². The van der Waals surface area contributed by atoms with Crippen molar-refractivity contribution in [2.75, 3.05) is 0 Å². The van der Waals surface area contributed by atoms with E-state index in [0.29, 0.717) is 19.4 Å². The molecule has 21 heavy (non-hydrogen) atoms. The summed E-state index contributed by atoms with van der Waals surface area (Å²) in [5.74, 6) is -0.159. The second-order valence-corrected chi connectivity index (χ2v) is 5.64. The molecule has 1 aromatic rings. The minimum absolute atomic E-state index is 0.0166. The number of amides is 1. The van der Waals surface area contributed by atoms with Crippen molar-refractivity contribution in [1.82, 2.24) is 15.1 Å². The van der Waals surface area contributed by atoms with E-state index < -0.39 is 5.41 Å². The number of aryl methyl sites for hydroxylation is 1. The molecule has 7 heteroatoms. The van der Waals surface area contributed by atoms with Gasteiger partial charge in [-0.25, -0.2) is 0 Å². The molecule has 1 aromatic heterocycles. The van der Waals surface area contributed by atoms with Crippen LogP contribution in [0.1, 0.15) is 44.2 Å². The molecule has 1 aliphatic carbocycles. The predicted molar refractivity (Wildman–Crippen MR) is 78.6 cm³/mol. The standard InChI is InChI=1S/C14H23N5O2/c1-19-9-6-11(17-19)10-16-13(20)14(12(15)18-21)7-4-2-3-5-8-14/h6,9,21H,2-5,7-8,10H2,1H3,(H2,15,18)(H,16,20). The van der Waals surface area contributed by atoms with Crippen molar-refractivity contribution < 1.29 is 10.0 Å². The average Bonchev–Trinajstić information content (AvgIpc) is 2.76. The van der Waals surface area contributed by atoms with E-state index in [0.717, 1.165) is 31.4 Å². The Morgan fingerprint density at radius 2 is 2.14 bits per heavy atom. The zero-order valence-corrected chi connectivity index (χ0v) is 12.4. The van der Waals surface area contributed by atoms with Gasteiger partial charge >= 0.3 is 0 Å². The molecule has 7 nitrogen and oxygen atoms in total. The van der Waals surface area contributed by atoms with Crippen LogP contribution in [0.5, 0.6) is 0 Å². The second-order valence-electron chi connectivity index (χ2n) is 5.64. The van der Waals surface area contributed by atoms with E-state index in [1.165, 1.54) is 0 Å². The van der Waals surface area contributed by atoms with Crippen LogP contribution in [0.2, 0.25) is 0 Å². The van der Waals surface area contributed by atoms with Crippen LogP contribution in [0.3, 0.4) is 0 Å². The molecule has 0 unspecified atom stereocenters. The van der Waals surface area contributed by atoms with Crippen molar-refractivity contribution >= 4 is 11.7 Å². The number of rotatable bonds is 4. The molecule has 0 spiro atoms. The first-order valence-electron chi connectivity index (χ1n) is 7.33. The molecular weight excluding hydrogens is 270 g/mol. The third-order valence-corrected chi connectivity index (χ3v) is 4.19. The van der Waals surface area contributed by atoms with Gasteiger partial charge in [-0.15, -0.1) is 0 Å². The third-order valence-electron chi connectivity index (χ3n) is 4.19. The molecule has 0 saturated heterocycles. The first-order valence-corrected chi connectivity index (χ1v) is 7.33. The van der Waals surface area contributed by atoms with Gasteiger partial charge < -0.3 is 16.3 Å². The second kappa shape index (κ2) is 6.60. The molecular formula is C14H23N5O2. The van der Waals surface area contributed by atoms with Crippen LogP contribution in [0.25, 0.3) is 0 Å². The minimum atomic E-state index is -0.889. The monoisotopic (exact) mass is 293 g/mol. The SMILES string of the molecule is Cn1ccc(CNC(=O)C2(/C(N)=N/O)CCCCCC2)n1. The first-order chi connectivity index (χ1) is 10.1. The lowest BCUT2D eigenvalue weighted by Crippen LogP contribution is -2.49. The summed E-state index contributed by atoms with van der Waals surface area (Å²) in [5.41, 5.74) is 5.74. The summed E-state index contributed by atoms with van der Waals surface area (Å²) in [7, 11) is 1.83. The van der Waals surface area contributed by atoms with Gasteiger partial charge in [0.2, 0.25) is 5.91 Å². The lowest BCUT2D eigenvalue weighted by atomic mass is 9.78. The maximum atomic E-state index is 12.6. The van der Waals surface area contributed by atoms with E-state index in [2.05, 4.69) is 15.6 Å². The van der Waals surface area contributed by atoms with Crippen molar-refractivity contribution in [2.24, 2.45) is 23.4 Å². The third kappa shape index (κ3) is 3.34. The van der Waals surface area contributed by atoms with Gasteiger partial charge in [0, 0.05) is 13.2 Å². The van der Waals surface area contributed by atoms with Crippen LogP contribution in [-0.2, 0) is 18.4 Å². The zero-order valence-electron chi connectivity index (χ0n) is 12.4. The minimum Gasteiger partial charge on any atom is -0.409 e. The Balaban J connectivity index is 2.10. The molecule has 0 bridgehead atoms. The number of hydrogen-bond acceptors (Lipinski definition) is 4. The lowest BCUT2D eigenvalue weighted by molar-refractivity contribution is -0.128. The number of oxime groups is 1. The quantitative estimate of drug-likeness (QED) is 0.254. The Bertz CT molecular complexity index is 515. The molecule has 116 valence electrons. The van der Waals surface area contributed by atoms with Gasteiger partial charge in [0.1, 0.15) is 5.41 Å². The molecule has 0 aromatic carbocycles. The molecule has 1 fully saturated rings. The van der Waals surface area contributed by atoms with Gasteiger partial charge in [0.15, 0.2) is 5.84 Å². The first kappa shape index (κ1) is 15.3. The van der Waals surface area contributed by atoms with Crippen LogP contribution in [0.4, 0.5) is 0 Å². The fraction of sp³-hybridized carbons (Fsp3) is 0.643. The van der Waals surface area contributed by atoms with Gasteiger partial charge in [0.25, 0.3) is 0 Å². The Hall–Kier alpha value is -2.05. The fourth-order valence-electron chi connectivity index (χ4n) is 2.92.